The average Bonchev–Trinajstić information content (AvgIpc) is 3.25. The molecule has 0 aliphatic rings. The molecule has 4 aromatic heterocycles. The van der Waals surface area contributed by atoms with Gasteiger partial charge in [-0.1, -0.05) is 11.8 Å². The van der Waals surface area contributed by atoms with Gasteiger partial charge in [0.15, 0.2) is 5.82 Å². The Hall–Kier alpha value is -3.25. The summed E-state index contributed by atoms with van der Waals surface area (Å²) in [7, 11) is 1.81. The van der Waals surface area contributed by atoms with Crippen LogP contribution in [0.4, 0.5) is 8.78 Å². The van der Waals surface area contributed by atoms with Gasteiger partial charge >= 0.3 is 0 Å². The van der Waals surface area contributed by atoms with Crippen LogP contribution < -0.4 is 0 Å². The molecule has 0 aliphatic heterocycles. The van der Waals surface area contributed by atoms with E-state index in [-0.39, 0.29) is 10.7 Å². The summed E-state index contributed by atoms with van der Waals surface area (Å²) < 4.78 is 31.0. The molecule has 0 amide bonds. The maximum Gasteiger partial charge on any atom is 0.158 e. The highest BCUT2D eigenvalue weighted by Gasteiger charge is 2.17. The molecule has 4 heterocycles. The molecule has 0 atom stereocenters. The van der Waals surface area contributed by atoms with Crippen LogP contribution in [-0.4, -0.2) is 24.4 Å². The Kier molecular flexibility index (Phi) is 4.12. The largest absolute Gasteiger partial charge is 0.275 e. The standard InChI is InChI=1S/C18H12F2N6S/c1-10-14(19)4-15(20)18(24-10)27-16-3-11(13-7-22-25(2)8-13)9-26-17(16)12(5-21)6-23-26/h3-4,6-9H,1-2H3. The van der Waals surface area contributed by atoms with Gasteiger partial charge in [0, 0.05) is 41.5 Å². The highest BCUT2D eigenvalue weighted by atomic mass is 32.2. The van der Waals surface area contributed by atoms with Crippen molar-refractivity contribution >= 4 is 17.3 Å². The molecular weight excluding hydrogens is 370 g/mol. The van der Waals surface area contributed by atoms with E-state index in [0.717, 1.165) is 29.0 Å². The van der Waals surface area contributed by atoms with Crippen molar-refractivity contribution in [2.75, 3.05) is 0 Å². The number of hydrogen-bond acceptors (Lipinski definition) is 5. The van der Waals surface area contributed by atoms with Crippen molar-refractivity contribution in [1.29, 1.82) is 5.26 Å². The van der Waals surface area contributed by atoms with E-state index in [2.05, 4.69) is 21.3 Å². The average molecular weight is 382 g/mol. The zero-order valence-electron chi connectivity index (χ0n) is 14.3. The van der Waals surface area contributed by atoms with Gasteiger partial charge in [0.2, 0.25) is 0 Å². The number of aromatic nitrogens is 5. The molecule has 0 aliphatic carbocycles. The van der Waals surface area contributed by atoms with E-state index in [4.69, 9.17) is 0 Å². The summed E-state index contributed by atoms with van der Waals surface area (Å²) in [6, 6.07) is 4.72. The molecule has 134 valence electrons. The van der Waals surface area contributed by atoms with Crippen molar-refractivity contribution in [2.45, 2.75) is 16.8 Å². The van der Waals surface area contributed by atoms with Crippen LogP contribution >= 0.6 is 11.8 Å². The van der Waals surface area contributed by atoms with Crippen LogP contribution in [0.5, 0.6) is 0 Å². The fourth-order valence-electron chi connectivity index (χ4n) is 2.68. The molecule has 0 saturated heterocycles. The Morgan fingerprint density at radius 2 is 1.89 bits per heavy atom. The lowest BCUT2D eigenvalue weighted by molar-refractivity contribution is 0.540. The number of halogens is 2. The number of aryl methyl sites for hydroxylation is 2. The normalized spacial score (nSPS) is 11.1. The van der Waals surface area contributed by atoms with E-state index < -0.39 is 11.6 Å². The second-order valence-corrected chi connectivity index (χ2v) is 6.93. The summed E-state index contributed by atoms with van der Waals surface area (Å²) >= 11 is 1.02. The third-order valence-electron chi connectivity index (χ3n) is 4.01. The first-order valence-corrected chi connectivity index (χ1v) is 8.69. The molecule has 9 heteroatoms. The number of nitriles is 1. The van der Waals surface area contributed by atoms with Crippen LogP contribution in [0.25, 0.3) is 16.6 Å². The third kappa shape index (κ3) is 3.04. The van der Waals surface area contributed by atoms with Gasteiger partial charge in [-0.3, -0.25) is 4.68 Å². The van der Waals surface area contributed by atoms with Crippen molar-refractivity contribution in [3.8, 4) is 17.2 Å². The fraction of sp³-hybridized carbons (Fsp3) is 0.111. The van der Waals surface area contributed by atoms with Crippen molar-refractivity contribution < 1.29 is 8.78 Å². The van der Waals surface area contributed by atoms with Gasteiger partial charge in [-0.25, -0.2) is 18.3 Å². The second kappa shape index (κ2) is 6.48. The van der Waals surface area contributed by atoms with Crippen LogP contribution in [-0.2, 0) is 7.05 Å². The van der Waals surface area contributed by atoms with E-state index in [1.54, 1.807) is 28.6 Å². The molecule has 0 radical (unpaired) electrons. The molecule has 0 fully saturated rings. The van der Waals surface area contributed by atoms with E-state index in [1.165, 1.54) is 13.1 Å². The number of pyridine rings is 2. The summed E-state index contributed by atoms with van der Waals surface area (Å²) in [4.78, 5) is 4.59. The number of nitrogens with zero attached hydrogens (tertiary/aromatic N) is 6. The maximum atomic E-state index is 14.2. The summed E-state index contributed by atoms with van der Waals surface area (Å²) in [5.74, 6) is -1.46. The minimum absolute atomic E-state index is 0.0317. The smallest absolute Gasteiger partial charge is 0.158 e. The summed E-state index contributed by atoms with van der Waals surface area (Å²) in [5.41, 5.74) is 2.64. The lowest BCUT2D eigenvalue weighted by Crippen LogP contribution is -1.96. The van der Waals surface area contributed by atoms with Gasteiger partial charge < -0.3 is 0 Å². The Bertz CT molecular complexity index is 1220. The molecule has 0 bridgehead atoms. The van der Waals surface area contributed by atoms with Crippen molar-refractivity contribution in [1.82, 2.24) is 24.4 Å². The zero-order chi connectivity index (χ0) is 19.1. The summed E-state index contributed by atoms with van der Waals surface area (Å²) in [6.45, 7) is 1.47. The summed E-state index contributed by atoms with van der Waals surface area (Å²) in [5, 5.41) is 17.8. The van der Waals surface area contributed by atoms with Gasteiger partial charge in [-0.15, -0.1) is 0 Å². The van der Waals surface area contributed by atoms with Crippen molar-refractivity contribution in [2.24, 2.45) is 7.05 Å². The number of fused-ring (bicyclic) bond motifs is 1. The lowest BCUT2D eigenvalue weighted by Gasteiger charge is -2.09. The first-order chi connectivity index (χ1) is 13.0. The quantitative estimate of drug-likeness (QED) is 0.540. The summed E-state index contributed by atoms with van der Waals surface area (Å²) in [6.07, 6.45) is 6.76. The topological polar surface area (TPSA) is 71.8 Å². The molecule has 0 spiro atoms. The van der Waals surface area contributed by atoms with E-state index in [0.29, 0.717) is 16.0 Å². The van der Waals surface area contributed by atoms with Crippen molar-refractivity contribution in [3.05, 3.63) is 59.8 Å². The van der Waals surface area contributed by atoms with Gasteiger partial charge in [0.05, 0.1) is 29.2 Å². The molecule has 0 unspecified atom stereocenters. The molecule has 4 aromatic rings. The zero-order valence-corrected chi connectivity index (χ0v) is 15.1. The minimum atomic E-state index is -0.758. The fourth-order valence-corrected chi connectivity index (χ4v) is 3.72. The van der Waals surface area contributed by atoms with Crippen LogP contribution in [0.3, 0.4) is 0 Å². The molecule has 0 N–H and O–H groups in total. The maximum absolute atomic E-state index is 14.2. The Balaban J connectivity index is 1.91. The Labute approximate surface area is 157 Å². The first kappa shape index (κ1) is 17.2. The number of rotatable bonds is 3. The molecule has 0 aromatic carbocycles. The van der Waals surface area contributed by atoms with Crippen LogP contribution in [0, 0.1) is 29.9 Å². The van der Waals surface area contributed by atoms with E-state index >= 15 is 0 Å². The van der Waals surface area contributed by atoms with E-state index in [1.807, 2.05) is 12.3 Å². The number of hydrogen-bond donors (Lipinski definition) is 0. The van der Waals surface area contributed by atoms with Crippen LogP contribution in [0.2, 0.25) is 0 Å². The van der Waals surface area contributed by atoms with Crippen LogP contribution in [0.1, 0.15) is 11.3 Å². The predicted molar refractivity (Wildman–Crippen MR) is 95.1 cm³/mol. The molecule has 0 saturated carbocycles. The molecule has 27 heavy (non-hydrogen) atoms. The minimum Gasteiger partial charge on any atom is -0.275 e. The van der Waals surface area contributed by atoms with Gasteiger partial charge in [0.25, 0.3) is 0 Å². The second-order valence-electron chi connectivity index (χ2n) is 5.90. The molecule has 4 rings (SSSR count). The van der Waals surface area contributed by atoms with Gasteiger partial charge in [-0.05, 0) is 13.0 Å². The van der Waals surface area contributed by atoms with E-state index in [9.17, 15) is 14.0 Å². The highest BCUT2D eigenvalue weighted by Crippen LogP contribution is 2.36. The van der Waals surface area contributed by atoms with Crippen molar-refractivity contribution in [3.63, 3.8) is 0 Å². The van der Waals surface area contributed by atoms with Gasteiger partial charge in [0.1, 0.15) is 16.9 Å². The Morgan fingerprint density at radius 3 is 2.59 bits per heavy atom. The predicted octanol–water partition coefficient (Wildman–Crippen LogP) is 3.74. The molecular formula is C18H12F2N6S. The Morgan fingerprint density at radius 1 is 1.07 bits per heavy atom. The SMILES string of the molecule is Cc1nc(Sc2cc(-c3cnn(C)c3)cn3ncc(C#N)c23)c(F)cc1F. The van der Waals surface area contributed by atoms with Gasteiger partial charge in [-0.2, -0.15) is 15.5 Å². The first-order valence-electron chi connectivity index (χ1n) is 7.87. The lowest BCUT2D eigenvalue weighted by atomic mass is 10.1. The highest BCUT2D eigenvalue weighted by molar-refractivity contribution is 7.99. The third-order valence-corrected chi connectivity index (χ3v) is 5.03. The molecule has 6 nitrogen and oxygen atoms in total. The monoisotopic (exact) mass is 382 g/mol. The van der Waals surface area contributed by atoms with Crippen LogP contribution in [0.15, 0.2) is 46.8 Å².